The van der Waals surface area contributed by atoms with Gasteiger partial charge in [0, 0.05) is 36.3 Å². The summed E-state index contributed by atoms with van der Waals surface area (Å²) in [5, 5.41) is 2.82. The van der Waals surface area contributed by atoms with E-state index < -0.39 is 15.6 Å². The van der Waals surface area contributed by atoms with E-state index in [1.165, 1.54) is 6.07 Å². The first kappa shape index (κ1) is 23.0. The maximum Gasteiger partial charge on any atom is 0.251 e. The molecule has 0 spiro atoms. The Labute approximate surface area is 183 Å². The van der Waals surface area contributed by atoms with Gasteiger partial charge in [-0.2, -0.15) is 0 Å². The van der Waals surface area contributed by atoms with Crippen molar-refractivity contribution >= 4 is 27.5 Å². The number of hydrogen-bond donors (Lipinski definition) is 2. The molecule has 7 nitrogen and oxygen atoms in total. The van der Waals surface area contributed by atoms with Crippen LogP contribution in [-0.2, 0) is 27.8 Å². The lowest BCUT2D eigenvalue weighted by atomic mass is 10.1. The zero-order valence-electron chi connectivity index (χ0n) is 18.4. The highest BCUT2D eigenvalue weighted by atomic mass is 32.2. The normalized spacial score (nSPS) is 13.7. The molecule has 2 N–H and O–H groups in total. The van der Waals surface area contributed by atoms with Crippen molar-refractivity contribution in [2.45, 2.75) is 57.5 Å². The van der Waals surface area contributed by atoms with E-state index in [1.807, 2.05) is 6.92 Å². The summed E-state index contributed by atoms with van der Waals surface area (Å²) >= 11 is 0. The molecule has 0 fully saturated rings. The number of carbonyl (C=O) groups excluding carboxylic acids is 2. The zero-order chi connectivity index (χ0) is 22.8. The predicted molar refractivity (Wildman–Crippen MR) is 120 cm³/mol. The third kappa shape index (κ3) is 5.32. The summed E-state index contributed by atoms with van der Waals surface area (Å²) in [7, 11) is -3.72. The van der Waals surface area contributed by atoms with E-state index in [0.717, 1.165) is 11.3 Å². The van der Waals surface area contributed by atoms with E-state index in [4.69, 9.17) is 0 Å². The summed E-state index contributed by atoms with van der Waals surface area (Å²) in [6.45, 7) is 7.86. The molecule has 0 saturated heterocycles. The number of amides is 2. The van der Waals surface area contributed by atoms with Crippen molar-refractivity contribution in [1.82, 2.24) is 10.0 Å². The number of anilines is 1. The molecule has 1 heterocycles. The smallest absolute Gasteiger partial charge is 0.251 e. The highest BCUT2D eigenvalue weighted by Crippen LogP contribution is 2.29. The molecule has 0 bridgehead atoms. The third-order valence-corrected chi connectivity index (χ3v) is 6.84. The summed E-state index contributed by atoms with van der Waals surface area (Å²) in [6, 6.07) is 11.9. The number of carbonyl (C=O) groups is 2. The van der Waals surface area contributed by atoms with Crippen molar-refractivity contribution in [3.05, 3.63) is 59.2 Å². The molecule has 166 valence electrons. The fourth-order valence-electron chi connectivity index (χ4n) is 3.64. The lowest BCUT2D eigenvalue weighted by Crippen LogP contribution is -2.41. The first-order valence-electron chi connectivity index (χ1n) is 10.3. The zero-order valence-corrected chi connectivity index (χ0v) is 19.2. The van der Waals surface area contributed by atoms with E-state index in [-0.39, 0.29) is 23.3 Å². The maximum absolute atomic E-state index is 12.8. The van der Waals surface area contributed by atoms with Gasteiger partial charge in [-0.25, -0.2) is 13.1 Å². The molecule has 31 heavy (non-hydrogen) atoms. The van der Waals surface area contributed by atoms with E-state index in [2.05, 4.69) is 10.0 Å². The molecule has 0 unspecified atom stereocenters. The van der Waals surface area contributed by atoms with Crippen molar-refractivity contribution in [1.29, 1.82) is 0 Å². The number of sulfonamides is 1. The Morgan fingerprint density at radius 1 is 1.10 bits per heavy atom. The van der Waals surface area contributed by atoms with Gasteiger partial charge in [-0.3, -0.25) is 9.59 Å². The molecular weight excluding hydrogens is 414 g/mol. The maximum atomic E-state index is 12.8. The molecule has 1 aliphatic heterocycles. The summed E-state index contributed by atoms with van der Waals surface area (Å²) in [5.74, 6) is -0.225. The van der Waals surface area contributed by atoms with Crippen molar-refractivity contribution in [3.63, 3.8) is 0 Å². The van der Waals surface area contributed by atoms with Gasteiger partial charge in [0.05, 0.1) is 4.90 Å². The number of fused-ring (bicyclic) bond motifs is 1. The van der Waals surface area contributed by atoms with Gasteiger partial charge >= 0.3 is 0 Å². The highest BCUT2D eigenvalue weighted by molar-refractivity contribution is 7.89. The average molecular weight is 444 g/mol. The minimum absolute atomic E-state index is 0.0673. The largest absolute Gasteiger partial charge is 0.348 e. The van der Waals surface area contributed by atoms with Crippen LogP contribution in [0.25, 0.3) is 0 Å². The molecule has 2 aromatic rings. The number of nitrogens with zero attached hydrogens (tertiary/aromatic N) is 1. The van der Waals surface area contributed by atoms with Crippen LogP contribution in [0.1, 0.15) is 55.6 Å². The first-order valence-corrected chi connectivity index (χ1v) is 11.8. The summed E-state index contributed by atoms with van der Waals surface area (Å²) < 4.78 is 28.2. The monoisotopic (exact) mass is 443 g/mol. The molecule has 8 heteroatoms. The second-order valence-corrected chi connectivity index (χ2v) is 10.3. The van der Waals surface area contributed by atoms with Gasteiger partial charge in [0.15, 0.2) is 0 Å². The Balaban J connectivity index is 1.75. The molecule has 0 saturated carbocycles. The predicted octanol–water partition coefficient (Wildman–Crippen LogP) is 2.99. The minimum Gasteiger partial charge on any atom is -0.348 e. The van der Waals surface area contributed by atoms with Gasteiger partial charge in [-0.15, -0.1) is 0 Å². The van der Waals surface area contributed by atoms with Crippen LogP contribution in [0.15, 0.2) is 47.4 Å². The van der Waals surface area contributed by atoms with Crippen molar-refractivity contribution in [2.75, 3.05) is 11.4 Å². The third-order valence-electron chi connectivity index (χ3n) is 4.98. The minimum atomic E-state index is -3.72. The van der Waals surface area contributed by atoms with Crippen molar-refractivity contribution < 1.29 is 18.0 Å². The second-order valence-electron chi connectivity index (χ2n) is 8.64. The first-order chi connectivity index (χ1) is 14.5. The Hall–Kier alpha value is -2.71. The number of benzene rings is 2. The van der Waals surface area contributed by atoms with Gasteiger partial charge in [-0.1, -0.05) is 25.1 Å². The quantitative estimate of drug-likeness (QED) is 0.717. The van der Waals surface area contributed by atoms with Crippen LogP contribution in [0.3, 0.4) is 0 Å². The van der Waals surface area contributed by atoms with E-state index >= 15 is 0 Å². The van der Waals surface area contributed by atoms with Crippen molar-refractivity contribution in [2.24, 2.45) is 0 Å². The van der Waals surface area contributed by atoms with Crippen molar-refractivity contribution in [3.8, 4) is 0 Å². The SMILES string of the molecule is CCC(=O)N1CCc2cc(C(=O)NCc3ccccc3S(=O)(=O)NC(C)(C)C)ccc21. The number of rotatable bonds is 6. The Morgan fingerprint density at radius 2 is 1.81 bits per heavy atom. The molecule has 1 aliphatic rings. The number of hydrogen-bond acceptors (Lipinski definition) is 4. The molecule has 2 aromatic carbocycles. The lowest BCUT2D eigenvalue weighted by Gasteiger charge is -2.21. The van der Waals surface area contributed by atoms with Crippen LogP contribution in [-0.4, -0.2) is 32.3 Å². The van der Waals surface area contributed by atoms with E-state index in [1.54, 1.807) is 62.1 Å². The molecule has 0 radical (unpaired) electrons. The van der Waals surface area contributed by atoms with Gasteiger partial charge in [-0.05, 0) is 62.6 Å². The van der Waals surface area contributed by atoms with Crippen LogP contribution in [0.5, 0.6) is 0 Å². The highest BCUT2D eigenvalue weighted by Gasteiger charge is 2.26. The van der Waals surface area contributed by atoms with Gasteiger partial charge < -0.3 is 10.2 Å². The number of nitrogens with one attached hydrogen (secondary N) is 2. The van der Waals surface area contributed by atoms with Gasteiger partial charge in [0.25, 0.3) is 5.91 Å². The average Bonchev–Trinajstić information content (AvgIpc) is 3.13. The topological polar surface area (TPSA) is 95.6 Å². The summed E-state index contributed by atoms with van der Waals surface area (Å²) in [6.07, 6.45) is 1.15. The summed E-state index contributed by atoms with van der Waals surface area (Å²) in [4.78, 5) is 26.7. The second kappa shape index (κ2) is 8.80. The molecule has 0 aliphatic carbocycles. The van der Waals surface area contributed by atoms with Crippen LogP contribution in [0, 0.1) is 0 Å². The van der Waals surface area contributed by atoms with E-state index in [9.17, 15) is 18.0 Å². The Kier molecular flexibility index (Phi) is 6.52. The lowest BCUT2D eigenvalue weighted by molar-refractivity contribution is -0.118. The standard InChI is InChI=1S/C23H29N3O4S/c1-5-21(27)26-13-12-16-14-17(10-11-19(16)26)22(28)24-15-18-8-6-7-9-20(18)31(29,30)25-23(2,3)4/h6-11,14,25H,5,12-13,15H2,1-4H3,(H,24,28). The van der Waals surface area contributed by atoms with Crippen LogP contribution >= 0.6 is 0 Å². The van der Waals surface area contributed by atoms with Crippen LogP contribution in [0.4, 0.5) is 5.69 Å². The molecule has 0 aromatic heterocycles. The molecule has 2 amide bonds. The molecule has 3 rings (SSSR count). The fraction of sp³-hybridized carbons (Fsp3) is 0.391. The van der Waals surface area contributed by atoms with Gasteiger partial charge in [0.2, 0.25) is 15.9 Å². The molecule has 0 atom stereocenters. The van der Waals surface area contributed by atoms with Gasteiger partial charge in [0.1, 0.15) is 0 Å². The van der Waals surface area contributed by atoms with Crippen LogP contribution in [0.2, 0.25) is 0 Å². The fourth-order valence-corrected chi connectivity index (χ4v) is 5.30. The van der Waals surface area contributed by atoms with E-state index in [0.29, 0.717) is 30.5 Å². The van der Waals surface area contributed by atoms with Crippen LogP contribution < -0.4 is 14.9 Å². The molecular formula is C23H29N3O4S. The summed E-state index contributed by atoms with van der Waals surface area (Å²) in [5.41, 5.74) is 2.19. The Bertz CT molecular complexity index is 1100. The Morgan fingerprint density at radius 3 is 2.48 bits per heavy atom.